The Morgan fingerprint density at radius 1 is 1.58 bits per heavy atom. The summed E-state index contributed by atoms with van der Waals surface area (Å²) in [6.07, 6.45) is 1.24. The van der Waals surface area contributed by atoms with Gasteiger partial charge in [-0.15, -0.1) is 0 Å². The van der Waals surface area contributed by atoms with E-state index in [0.29, 0.717) is 11.4 Å². The van der Waals surface area contributed by atoms with Crippen LogP contribution in [-0.4, -0.2) is 6.29 Å². The van der Waals surface area contributed by atoms with Gasteiger partial charge in [-0.05, 0) is 24.1 Å². The molecule has 0 amide bonds. The van der Waals surface area contributed by atoms with Gasteiger partial charge in [0.25, 0.3) is 0 Å². The van der Waals surface area contributed by atoms with Crippen molar-refractivity contribution in [3.8, 4) is 0 Å². The first kappa shape index (κ1) is 9.75. The van der Waals surface area contributed by atoms with E-state index in [2.05, 4.69) is 15.9 Å². The fourth-order valence-corrected chi connectivity index (χ4v) is 1.68. The summed E-state index contributed by atoms with van der Waals surface area (Å²) in [6.45, 7) is 1.97. The Kier molecular flexibility index (Phi) is 3.29. The van der Waals surface area contributed by atoms with Crippen molar-refractivity contribution in [2.24, 2.45) is 0 Å². The summed E-state index contributed by atoms with van der Waals surface area (Å²) in [5, 5.41) is 0.638. The van der Waals surface area contributed by atoms with Gasteiger partial charge in [-0.25, -0.2) is 0 Å². The van der Waals surface area contributed by atoms with Gasteiger partial charge in [-0.2, -0.15) is 0 Å². The van der Waals surface area contributed by atoms with Crippen molar-refractivity contribution in [2.75, 3.05) is 0 Å². The van der Waals surface area contributed by atoms with E-state index in [-0.39, 0.29) is 0 Å². The largest absolute Gasteiger partial charge is 0.303 e. The van der Waals surface area contributed by atoms with E-state index in [0.717, 1.165) is 21.9 Å². The quantitative estimate of drug-likeness (QED) is 0.734. The lowest BCUT2D eigenvalue weighted by molar-refractivity contribution is -0.107. The summed E-state index contributed by atoms with van der Waals surface area (Å²) in [5.41, 5.74) is 1.98. The Morgan fingerprint density at radius 2 is 2.25 bits per heavy atom. The fourth-order valence-electron chi connectivity index (χ4n) is 0.963. The van der Waals surface area contributed by atoms with Crippen LogP contribution >= 0.6 is 27.5 Å². The van der Waals surface area contributed by atoms with Crippen LogP contribution in [0.1, 0.15) is 11.1 Å². The third-order valence-corrected chi connectivity index (χ3v) is 2.84. The Hall–Kier alpha value is -0.340. The first-order chi connectivity index (χ1) is 5.65. The SMILES string of the molecule is Cc1cc(CC=O)c(Cl)cc1Br. The molecule has 0 aliphatic heterocycles. The molecule has 12 heavy (non-hydrogen) atoms. The second-order valence-corrected chi connectivity index (χ2v) is 3.83. The maximum absolute atomic E-state index is 10.3. The van der Waals surface area contributed by atoms with E-state index < -0.39 is 0 Å². The van der Waals surface area contributed by atoms with E-state index in [9.17, 15) is 4.79 Å². The highest BCUT2D eigenvalue weighted by atomic mass is 79.9. The van der Waals surface area contributed by atoms with Crippen molar-refractivity contribution in [2.45, 2.75) is 13.3 Å². The predicted octanol–water partition coefficient (Wildman–Crippen LogP) is 3.15. The summed E-state index contributed by atoms with van der Waals surface area (Å²) in [6, 6.07) is 3.73. The topological polar surface area (TPSA) is 17.1 Å². The average Bonchev–Trinajstić information content (AvgIpc) is 2.01. The molecular formula is C9H8BrClO. The maximum atomic E-state index is 10.3. The summed E-state index contributed by atoms with van der Waals surface area (Å²) in [4.78, 5) is 10.3. The first-order valence-electron chi connectivity index (χ1n) is 3.53. The second kappa shape index (κ2) is 4.06. The van der Waals surface area contributed by atoms with Gasteiger partial charge in [0.2, 0.25) is 0 Å². The van der Waals surface area contributed by atoms with Crippen molar-refractivity contribution in [3.63, 3.8) is 0 Å². The zero-order chi connectivity index (χ0) is 9.14. The van der Waals surface area contributed by atoms with Crippen LogP contribution in [0.25, 0.3) is 0 Å². The van der Waals surface area contributed by atoms with Crippen molar-refractivity contribution < 1.29 is 4.79 Å². The van der Waals surface area contributed by atoms with Crippen molar-refractivity contribution in [1.29, 1.82) is 0 Å². The summed E-state index contributed by atoms with van der Waals surface area (Å²) >= 11 is 9.25. The van der Waals surface area contributed by atoms with Crippen molar-refractivity contribution in [3.05, 3.63) is 32.8 Å². The Labute approximate surface area is 84.9 Å². The Bertz CT molecular complexity index is 310. The number of halogens is 2. The van der Waals surface area contributed by atoms with Crippen molar-refractivity contribution in [1.82, 2.24) is 0 Å². The Balaban J connectivity index is 3.13. The number of aldehydes is 1. The highest BCUT2D eigenvalue weighted by molar-refractivity contribution is 9.10. The minimum Gasteiger partial charge on any atom is -0.303 e. The van der Waals surface area contributed by atoms with Gasteiger partial charge >= 0.3 is 0 Å². The summed E-state index contributed by atoms with van der Waals surface area (Å²) in [7, 11) is 0. The fraction of sp³-hybridized carbons (Fsp3) is 0.222. The van der Waals surface area contributed by atoms with Gasteiger partial charge in [0.1, 0.15) is 6.29 Å². The average molecular weight is 248 g/mol. The summed E-state index contributed by atoms with van der Waals surface area (Å²) in [5.74, 6) is 0. The number of hydrogen-bond acceptors (Lipinski definition) is 1. The molecule has 0 atom stereocenters. The minimum atomic E-state index is 0.382. The van der Waals surface area contributed by atoms with Crippen LogP contribution in [0.2, 0.25) is 5.02 Å². The lowest BCUT2D eigenvalue weighted by Gasteiger charge is -2.03. The van der Waals surface area contributed by atoms with E-state index in [4.69, 9.17) is 11.6 Å². The molecule has 1 aromatic carbocycles. The van der Waals surface area contributed by atoms with Crippen LogP contribution in [0.4, 0.5) is 0 Å². The maximum Gasteiger partial charge on any atom is 0.124 e. The third kappa shape index (κ3) is 2.08. The molecule has 0 spiro atoms. The molecule has 0 radical (unpaired) electrons. The smallest absolute Gasteiger partial charge is 0.124 e. The molecule has 3 heteroatoms. The van der Waals surface area contributed by atoms with Gasteiger partial charge in [0, 0.05) is 15.9 Å². The molecule has 0 saturated heterocycles. The van der Waals surface area contributed by atoms with Crippen LogP contribution in [0, 0.1) is 6.92 Å². The molecule has 0 aliphatic rings. The highest BCUT2D eigenvalue weighted by Crippen LogP contribution is 2.25. The lowest BCUT2D eigenvalue weighted by atomic mass is 10.1. The third-order valence-electron chi connectivity index (χ3n) is 1.63. The van der Waals surface area contributed by atoms with Crippen LogP contribution in [0.3, 0.4) is 0 Å². The van der Waals surface area contributed by atoms with Gasteiger partial charge in [-0.1, -0.05) is 33.6 Å². The predicted molar refractivity (Wildman–Crippen MR) is 53.7 cm³/mol. The number of carbonyl (C=O) groups excluding carboxylic acids is 1. The molecule has 0 fully saturated rings. The minimum absolute atomic E-state index is 0.382. The molecule has 0 unspecified atom stereocenters. The van der Waals surface area contributed by atoms with Gasteiger partial charge in [0.15, 0.2) is 0 Å². The molecule has 0 heterocycles. The molecule has 1 nitrogen and oxygen atoms in total. The number of hydrogen-bond donors (Lipinski definition) is 0. The zero-order valence-corrected chi connectivity index (χ0v) is 8.95. The van der Waals surface area contributed by atoms with Gasteiger partial charge < -0.3 is 4.79 Å². The number of benzene rings is 1. The number of carbonyl (C=O) groups is 1. The standard InChI is InChI=1S/C9H8BrClO/c1-6-4-7(2-3-12)9(11)5-8(6)10/h3-5H,2H2,1H3. The molecule has 0 saturated carbocycles. The normalized spacial score (nSPS) is 9.92. The Morgan fingerprint density at radius 3 is 2.83 bits per heavy atom. The van der Waals surface area contributed by atoms with Gasteiger partial charge in [0.05, 0.1) is 0 Å². The van der Waals surface area contributed by atoms with E-state index in [1.807, 2.05) is 19.1 Å². The van der Waals surface area contributed by atoms with E-state index in [1.165, 1.54) is 0 Å². The van der Waals surface area contributed by atoms with E-state index >= 15 is 0 Å². The monoisotopic (exact) mass is 246 g/mol. The van der Waals surface area contributed by atoms with Crippen molar-refractivity contribution >= 4 is 33.8 Å². The van der Waals surface area contributed by atoms with Crippen LogP contribution < -0.4 is 0 Å². The van der Waals surface area contributed by atoms with Gasteiger partial charge in [-0.3, -0.25) is 0 Å². The zero-order valence-electron chi connectivity index (χ0n) is 6.60. The molecule has 0 bridgehead atoms. The summed E-state index contributed by atoms with van der Waals surface area (Å²) < 4.78 is 0.974. The molecular weight excluding hydrogens is 239 g/mol. The van der Waals surface area contributed by atoms with Crippen LogP contribution in [0.15, 0.2) is 16.6 Å². The number of rotatable bonds is 2. The second-order valence-electron chi connectivity index (χ2n) is 2.56. The van der Waals surface area contributed by atoms with E-state index in [1.54, 1.807) is 0 Å². The van der Waals surface area contributed by atoms with Crippen LogP contribution in [0.5, 0.6) is 0 Å². The molecule has 0 aliphatic carbocycles. The molecule has 1 rings (SSSR count). The highest BCUT2D eigenvalue weighted by Gasteiger charge is 2.02. The first-order valence-corrected chi connectivity index (χ1v) is 4.70. The molecule has 64 valence electrons. The molecule has 1 aromatic rings. The molecule has 0 N–H and O–H groups in total. The lowest BCUT2D eigenvalue weighted by Crippen LogP contribution is -1.89. The molecule has 0 aromatic heterocycles. The van der Waals surface area contributed by atoms with Crippen LogP contribution in [-0.2, 0) is 11.2 Å². The number of aryl methyl sites for hydroxylation is 1.